The number of nitrogens with zero attached hydrogens (tertiary/aromatic N) is 2. The van der Waals surface area contributed by atoms with Crippen molar-refractivity contribution >= 4 is 28.6 Å². The SMILES string of the molecule is CCc1ccccc1Nc1nc2ccccc2n1CC(=O)O. The molecular formula is C17H17N3O2. The zero-order valence-corrected chi connectivity index (χ0v) is 12.3. The molecule has 0 aliphatic rings. The van der Waals surface area contributed by atoms with Gasteiger partial charge in [0.25, 0.3) is 0 Å². The molecule has 0 bridgehead atoms. The minimum absolute atomic E-state index is 0.128. The number of rotatable bonds is 5. The fourth-order valence-electron chi connectivity index (χ4n) is 2.54. The van der Waals surface area contributed by atoms with Crippen LogP contribution in [0.2, 0.25) is 0 Å². The van der Waals surface area contributed by atoms with Gasteiger partial charge in [0.1, 0.15) is 6.54 Å². The van der Waals surface area contributed by atoms with Crippen molar-refractivity contribution in [3.8, 4) is 0 Å². The first-order chi connectivity index (χ1) is 10.7. The molecule has 0 spiro atoms. The average molecular weight is 295 g/mol. The average Bonchev–Trinajstić information content (AvgIpc) is 2.85. The highest BCUT2D eigenvalue weighted by molar-refractivity contribution is 5.82. The number of anilines is 2. The molecule has 1 heterocycles. The van der Waals surface area contributed by atoms with Gasteiger partial charge in [-0.25, -0.2) is 4.98 Å². The number of benzene rings is 2. The van der Waals surface area contributed by atoms with Crippen LogP contribution in [-0.2, 0) is 17.8 Å². The van der Waals surface area contributed by atoms with E-state index in [4.69, 9.17) is 5.11 Å². The highest BCUT2D eigenvalue weighted by atomic mass is 16.4. The molecule has 22 heavy (non-hydrogen) atoms. The molecule has 3 rings (SSSR count). The third-order valence-electron chi connectivity index (χ3n) is 3.59. The number of aryl methyl sites for hydroxylation is 1. The van der Waals surface area contributed by atoms with Crippen molar-refractivity contribution in [3.05, 3.63) is 54.1 Å². The van der Waals surface area contributed by atoms with Crippen LogP contribution in [0.15, 0.2) is 48.5 Å². The zero-order valence-electron chi connectivity index (χ0n) is 12.3. The van der Waals surface area contributed by atoms with E-state index in [1.54, 1.807) is 4.57 Å². The van der Waals surface area contributed by atoms with Gasteiger partial charge in [-0.1, -0.05) is 37.3 Å². The van der Waals surface area contributed by atoms with E-state index in [1.165, 1.54) is 0 Å². The molecule has 1 aromatic heterocycles. The molecule has 0 saturated heterocycles. The van der Waals surface area contributed by atoms with Gasteiger partial charge in [-0.3, -0.25) is 9.36 Å². The molecule has 2 N–H and O–H groups in total. The Morgan fingerprint density at radius 1 is 1.18 bits per heavy atom. The largest absolute Gasteiger partial charge is 0.480 e. The summed E-state index contributed by atoms with van der Waals surface area (Å²) in [7, 11) is 0. The van der Waals surface area contributed by atoms with Crippen molar-refractivity contribution in [2.45, 2.75) is 19.9 Å². The molecule has 0 atom stereocenters. The summed E-state index contributed by atoms with van der Waals surface area (Å²) in [5.41, 5.74) is 3.70. The van der Waals surface area contributed by atoms with E-state index in [0.29, 0.717) is 5.95 Å². The summed E-state index contributed by atoms with van der Waals surface area (Å²) in [4.78, 5) is 15.7. The van der Waals surface area contributed by atoms with E-state index in [0.717, 1.165) is 28.7 Å². The van der Waals surface area contributed by atoms with E-state index in [9.17, 15) is 4.79 Å². The number of hydrogen-bond acceptors (Lipinski definition) is 3. The fourth-order valence-corrected chi connectivity index (χ4v) is 2.54. The van der Waals surface area contributed by atoms with Crippen LogP contribution in [-0.4, -0.2) is 20.6 Å². The van der Waals surface area contributed by atoms with Crippen molar-refractivity contribution in [2.75, 3.05) is 5.32 Å². The van der Waals surface area contributed by atoms with Crippen molar-refractivity contribution in [1.82, 2.24) is 9.55 Å². The lowest BCUT2D eigenvalue weighted by Crippen LogP contribution is -2.11. The second-order valence-corrected chi connectivity index (χ2v) is 5.04. The Morgan fingerprint density at radius 2 is 1.91 bits per heavy atom. The van der Waals surface area contributed by atoms with Gasteiger partial charge in [-0.05, 0) is 30.2 Å². The first kappa shape index (κ1) is 14.1. The smallest absolute Gasteiger partial charge is 0.323 e. The van der Waals surface area contributed by atoms with Gasteiger partial charge < -0.3 is 10.4 Å². The molecular weight excluding hydrogens is 278 g/mol. The number of aliphatic carboxylic acids is 1. The summed E-state index contributed by atoms with van der Waals surface area (Å²) < 4.78 is 1.68. The number of para-hydroxylation sites is 3. The quantitative estimate of drug-likeness (QED) is 0.756. The monoisotopic (exact) mass is 295 g/mol. The molecule has 0 amide bonds. The van der Waals surface area contributed by atoms with E-state index >= 15 is 0 Å². The van der Waals surface area contributed by atoms with Crippen molar-refractivity contribution in [1.29, 1.82) is 0 Å². The highest BCUT2D eigenvalue weighted by Gasteiger charge is 2.13. The second kappa shape index (κ2) is 5.89. The number of hydrogen-bond donors (Lipinski definition) is 2. The lowest BCUT2D eigenvalue weighted by Gasteiger charge is -2.11. The molecule has 5 nitrogen and oxygen atoms in total. The van der Waals surface area contributed by atoms with Gasteiger partial charge in [-0.15, -0.1) is 0 Å². The third kappa shape index (κ3) is 2.65. The fraction of sp³-hybridized carbons (Fsp3) is 0.176. The van der Waals surface area contributed by atoms with E-state index in [1.807, 2.05) is 48.5 Å². The Labute approximate surface area is 128 Å². The van der Waals surface area contributed by atoms with Gasteiger partial charge in [-0.2, -0.15) is 0 Å². The van der Waals surface area contributed by atoms with Gasteiger partial charge in [0.2, 0.25) is 5.95 Å². The highest BCUT2D eigenvalue weighted by Crippen LogP contribution is 2.25. The first-order valence-electron chi connectivity index (χ1n) is 7.21. The maximum absolute atomic E-state index is 11.2. The summed E-state index contributed by atoms with van der Waals surface area (Å²) in [5.74, 6) is -0.348. The van der Waals surface area contributed by atoms with E-state index in [2.05, 4.69) is 17.2 Å². The predicted molar refractivity (Wildman–Crippen MR) is 86.5 cm³/mol. The lowest BCUT2D eigenvalue weighted by atomic mass is 10.1. The minimum atomic E-state index is -0.894. The summed E-state index contributed by atoms with van der Waals surface area (Å²) in [6.07, 6.45) is 0.891. The van der Waals surface area contributed by atoms with Gasteiger partial charge in [0, 0.05) is 5.69 Å². The summed E-state index contributed by atoms with van der Waals surface area (Å²) in [6.45, 7) is 1.96. The summed E-state index contributed by atoms with van der Waals surface area (Å²) >= 11 is 0. The van der Waals surface area contributed by atoms with E-state index in [-0.39, 0.29) is 6.54 Å². The van der Waals surface area contributed by atoms with Crippen molar-refractivity contribution in [2.24, 2.45) is 0 Å². The van der Waals surface area contributed by atoms with Crippen LogP contribution < -0.4 is 5.32 Å². The Hall–Kier alpha value is -2.82. The summed E-state index contributed by atoms with van der Waals surface area (Å²) in [6, 6.07) is 15.5. The Bertz CT molecular complexity index is 824. The third-order valence-corrected chi connectivity index (χ3v) is 3.59. The molecule has 0 aliphatic carbocycles. The Morgan fingerprint density at radius 3 is 2.68 bits per heavy atom. The molecule has 2 aromatic carbocycles. The molecule has 0 radical (unpaired) electrons. The maximum Gasteiger partial charge on any atom is 0.323 e. The second-order valence-electron chi connectivity index (χ2n) is 5.04. The van der Waals surface area contributed by atoms with E-state index < -0.39 is 5.97 Å². The number of imidazole rings is 1. The van der Waals surface area contributed by atoms with Crippen LogP contribution in [0.1, 0.15) is 12.5 Å². The van der Waals surface area contributed by atoms with Crippen LogP contribution in [0.3, 0.4) is 0 Å². The number of nitrogens with one attached hydrogen (secondary N) is 1. The number of carboxylic acids is 1. The van der Waals surface area contributed by atoms with Crippen LogP contribution in [0.5, 0.6) is 0 Å². The molecule has 0 saturated carbocycles. The van der Waals surface area contributed by atoms with Gasteiger partial charge >= 0.3 is 5.97 Å². The van der Waals surface area contributed by atoms with Crippen LogP contribution in [0.4, 0.5) is 11.6 Å². The number of carboxylic acid groups (broad SMARTS) is 1. The van der Waals surface area contributed by atoms with Crippen LogP contribution in [0, 0.1) is 0 Å². The Kier molecular flexibility index (Phi) is 3.78. The zero-order chi connectivity index (χ0) is 15.5. The lowest BCUT2D eigenvalue weighted by molar-refractivity contribution is -0.137. The Balaban J connectivity index is 2.07. The topological polar surface area (TPSA) is 67.2 Å². The molecule has 5 heteroatoms. The predicted octanol–water partition coefficient (Wildman–Crippen LogP) is 3.43. The van der Waals surface area contributed by atoms with Crippen molar-refractivity contribution < 1.29 is 9.90 Å². The van der Waals surface area contributed by atoms with Crippen LogP contribution >= 0.6 is 0 Å². The number of aromatic nitrogens is 2. The molecule has 0 fully saturated rings. The molecule has 3 aromatic rings. The molecule has 112 valence electrons. The van der Waals surface area contributed by atoms with Gasteiger partial charge in [0.15, 0.2) is 0 Å². The first-order valence-corrected chi connectivity index (χ1v) is 7.21. The van der Waals surface area contributed by atoms with Crippen LogP contribution in [0.25, 0.3) is 11.0 Å². The molecule has 0 aliphatic heterocycles. The minimum Gasteiger partial charge on any atom is -0.480 e. The maximum atomic E-state index is 11.2. The standard InChI is InChI=1S/C17H17N3O2/c1-2-12-7-3-4-8-13(12)18-17-19-14-9-5-6-10-15(14)20(17)11-16(21)22/h3-10H,2,11H2,1H3,(H,18,19)(H,21,22). The summed E-state index contributed by atoms with van der Waals surface area (Å²) in [5, 5.41) is 12.4. The molecule has 0 unspecified atom stereocenters. The van der Waals surface area contributed by atoms with Gasteiger partial charge in [0.05, 0.1) is 11.0 Å². The number of fused-ring (bicyclic) bond motifs is 1. The number of carbonyl (C=O) groups is 1. The normalized spacial score (nSPS) is 10.8. The van der Waals surface area contributed by atoms with Crippen molar-refractivity contribution in [3.63, 3.8) is 0 Å².